The Labute approximate surface area is 174 Å². The SMILES string of the molecule is O=C(/C=C/c1ccc(Cl)cc1Cl)N1CCN(Cc2ccc3c(c2)OCO3)CC1. The van der Waals surface area contributed by atoms with Gasteiger partial charge < -0.3 is 14.4 Å². The fraction of sp³-hybridized carbons (Fsp3) is 0.286. The van der Waals surface area contributed by atoms with Crippen LogP contribution in [0.15, 0.2) is 42.5 Å². The van der Waals surface area contributed by atoms with Gasteiger partial charge in [-0.2, -0.15) is 0 Å². The highest BCUT2D eigenvalue weighted by Crippen LogP contribution is 2.32. The molecule has 146 valence electrons. The van der Waals surface area contributed by atoms with Crippen LogP contribution < -0.4 is 9.47 Å². The first-order valence-corrected chi connectivity index (χ1v) is 9.87. The van der Waals surface area contributed by atoms with Gasteiger partial charge in [-0.3, -0.25) is 9.69 Å². The van der Waals surface area contributed by atoms with Crippen molar-refractivity contribution in [3.63, 3.8) is 0 Å². The zero-order valence-electron chi connectivity index (χ0n) is 15.2. The van der Waals surface area contributed by atoms with E-state index in [0.29, 0.717) is 23.1 Å². The molecule has 2 aliphatic rings. The lowest BCUT2D eigenvalue weighted by Crippen LogP contribution is -2.47. The second-order valence-electron chi connectivity index (χ2n) is 6.79. The van der Waals surface area contributed by atoms with Gasteiger partial charge in [-0.25, -0.2) is 0 Å². The molecule has 0 radical (unpaired) electrons. The van der Waals surface area contributed by atoms with Gasteiger partial charge in [-0.1, -0.05) is 35.3 Å². The Morgan fingerprint density at radius 2 is 1.79 bits per heavy atom. The van der Waals surface area contributed by atoms with Gasteiger partial charge >= 0.3 is 0 Å². The highest BCUT2D eigenvalue weighted by molar-refractivity contribution is 6.35. The zero-order chi connectivity index (χ0) is 19.5. The summed E-state index contributed by atoms with van der Waals surface area (Å²) in [7, 11) is 0. The van der Waals surface area contributed by atoms with Crippen LogP contribution in [0.2, 0.25) is 10.0 Å². The normalized spacial score (nSPS) is 16.7. The van der Waals surface area contributed by atoms with Crippen LogP contribution in [0.25, 0.3) is 6.08 Å². The van der Waals surface area contributed by atoms with Crippen LogP contribution in [-0.4, -0.2) is 48.7 Å². The van der Waals surface area contributed by atoms with Crippen LogP contribution in [-0.2, 0) is 11.3 Å². The first-order valence-electron chi connectivity index (χ1n) is 9.11. The minimum absolute atomic E-state index is 0.00579. The van der Waals surface area contributed by atoms with Crippen molar-refractivity contribution in [1.29, 1.82) is 0 Å². The van der Waals surface area contributed by atoms with E-state index in [2.05, 4.69) is 11.0 Å². The van der Waals surface area contributed by atoms with Gasteiger partial charge in [0, 0.05) is 48.8 Å². The van der Waals surface area contributed by atoms with Crippen molar-refractivity contribution in [1.82, 2.24) is 9.80 Å². The number of rotatable bonds is 4. The van der Waals surface area contributed by atoms with Crippen molar-refractivity contribution >= 4 is 35.2 Å². The van der Waals surface area contributed by atoms with E-state index in [1.54, 1.807) is 30.4 Å². The van der Waals surface area contributed by atoms with E-state index >= 15 is 0 Å². The van der Waals surface area contributed by atoms with Crippen molar-refractivity contribution in [2.75, 3.05) is 33.0 Å². The fourth-order valence-corrected chi connectivity index (χ4v) is 3.80. The number of carbonyl (C=O) groups is 1. The molecule has 4 rings (SSSR count). The molecule has 0 unspecified atom stereocenters. The van der Waals surface area contributed by atoms with Crippen molar-refractivity contribution in [3.05, 3.63) is 63.6 Å². The molecule has 1 saturated heterocycles. The van der Waals surface area contributed by atoms with E-state index in [1.165, 1.54) is 5.56 Å². The quantitative estimate of drug-likeness (QED) is 0.701. The smallest absolute Gasteiger partial charge is 0.246 e. The molecule has 0 aromatic heterocycles. The van der Waals surface area contributed by atoms with Crippen LogP contribution in [0, 0.1) is 0 Å². The summed E-state index contributed by atoms with van der Waals surface area (Å²) in [6.45, 7) is 4.17. The molecule has 1 fully saturated rings. The van der Waals surface area contributed by atoms with E-state index in [0.717, 1.165) is 36.7 Å². The molecule has 2 aliphatic heterocycles. The van der Waals surface area contributed by atoms with Gasteiger partial charge in [0.05, 0.1) is 0 Å². The van der Waals surface area contributed by atoms with Gasteiger partial charge in [-0.05, 0) is 41.5 Å². The van der Waals surface area contributed by atoms with E-state index in [1.807, 2.05) is 17.0 Å². The number of hydrogen-bond acceptors (Lipinski definition) is 4. The van der Waals surface area contributed by atoms with Crippen LogP contribution in [0.1, 0.15) is 11.1 Å². The van der Waals surface area contributed by atoms with Gasteiger partial charge in [-0.15, -0.1) is 0 Å². The van der Waals surface area contributed by atoms with E-state index in [9.17, 15) is 4.79 Å². The van der Waals surface area contributed by atoms with Crippen LogP contribution in [0.3, 0.4) is 0 Å². The average Bonchev–Trinajstić information content (AvgIpc) is 3.15. The van der Waals surface area contributed by atoms with E-state index < -0.39 is 0 Å². The third kappa shape index (κ3) is 4.43. The molecular weight excluding hydrogens is 399 g/mol. The highest BCUT2D eigenvalue weighted by Gasteiger charge is 2.21. The van der Waals surface area contributed by atoms with Gasteiger partial charge in [0.1, 0.15) is 0 Å². The second-order valence-corrected chi connectivity index (χ2v) is 7.63. The van der Waals surface area contributed by atoms with Gasteiger partial charge in [0.2, 0.25) is 12.7 Å². The van der Waals surface area contributed by atoms with Crippen LogP contribution in [0.5, 0.6) is 11.5 Å². The molecule has 2 heterocycles. The number of halogens is 2. The minimum Gasteiger partial charge on any atom is -0.454 e. The number of piperazine rings is 1. The summed E-state index contributed by atoms with van der Waals surface area (Å²) < 4.78 is 10.8. The number of nitrogens with zero attached hydrogens (tertiary/aromatic N) is 2. The number of carbonyl (C=O) groups excluding carboxylic acids is 1. The number of ether oxygens (including phenoxy) is 2. The molecule has 5 nitrogen and oxygen atoms in total. The predicted molar refractivity (Wildman–Crippen MR) is 110 cm³/mol. The summed E-state index contributed by atoms with van der Waals surface area (Å²) in [5, 5.41) is 1.11. The van der Waals surface area contributed by atoms with Gasteiger partial charge in [0.15, 0.2) is 11.5 Å². The van der Waals surface area contributed by atoms with E-state index in [-0.39, 0.29) is 12.7 Å². The topological polar surface area (TPSA) is 42.0 Å². The maximum atomic E-state index is 12.5. The monoisotopic (exact) mass is 418 g/mol. The molecule has 0 bridgehead atoms. The first-order chi connectivity index (χ1) is 13.6. The van der Waals surface area contributed by atoms with Gasteiger partial charge in [0.25, 0.3) is 0 Å². The predicted octanol–water partition coefficient (Wildman–Crippen LogP) is 4.08. The Morgan fingerprint density at radius 1 is 1.00 bits per heavy atom. The Kier molecular flexibility index (Phi) is 5.76. The third-order valence-electron chi connectivity index (χ3n) is 4.90. The van der Waals surface area contributed by atoms with Crippen LogP contribution in [0.4, 0.5) is 0 Å². The molecule has 2 aromatic rings. The number of benzene rings is 2. The summed E-state index contributed by atoms with van der Waals surface area (Å²) in [6.07, 6.45) is 3.31. The Morgan fingerprint density at radius 3 is 2.57 bits per heavy atom. The minimum atomic E-state index is -0.00579. The van der Waals surface area contributed by atoms with Crippen molar-refractivity contribution in [2.24, 2.45) is 0 Å². The lowest BCUT2D eigenvalue weighted by Gasteiger charge is -2.34. The molecule has 0 spiro atoms. The second kappa shape index (κ2) is 8.43. The maximum absolute atomic E-state index is 12.5. The van der Waals surface area contributed by atoms with Crippen molar-refractivity contribution in [3.8, 4) is 11.5 Å². The number of amides is 1. The lowest BCUT2D eigenvalue weighted by molar-refractivity contribution is -0.127. The molecule has 2 aromatic carbocycles. The van der Waals surface area contributed by atoms with Crippen molar-refractivity contribution in [2.45, 2.75) is 6.54 Å². The maximum Gasteiger partial charge on any atom is 0.246 e. The molecule has 0 saturated carbocycles. The lowest BCUT2D eigenvalue weighted by atomic mass is 10.1. The molecule has 0 N–H and O–H groups in total. The third-order valence-corrected chi connectivity index (χ3v) is 5.46. The zero-order valence-corrected chi connectivity index (χ0v) is 16.7. The standard InChI is InChI=1S/C21H20Cl2N2O3/c22-17-4-2-16(18(23)12-17)3-6-21(26)25-9-7-24(8-10-25)13-15-1-5-19-20(11-15)28-14-27-19/h1-6,11-12H,7-10,13-14H2/b6-3+. The fourth-order valence-electron chi connectivity index (χ4n) is 3.33. The Balaban J connectivity index is 1.30. The molecule has 7 heteroatoms. The van der Waals surface area contributed by atoms with Crippen LogP contribution >= 0.6 is 23.2 Å². The summed E-state index contributed by atoms with van der Waals surface area (Å²) in [5.41, 5.74) is 1.96. The summed E-state index contributed by atoms with van der Waals surface area (Å²) in [6, 6.07) is 11.3. The first kappa shape index (κ1) is 19.1. The average molecular weight is 419 g/mol. The molecule has 0 atom stereocenters. The molecule has 1 amide bonds. The Bertz CT molecular complexity index is 909. The Hall–Kier alpha value is -2.21. The molecule has 28 heavy (non-hydrogen) atoms. The van der Waals surface area contributed by atoms with E-state index in [4.69, 9.17) is 32.7 Å². The largest absolute Gasteiger partial charge is 0.454 e. The summed E-state index contributed by atoms with van der Waals surface area (Å²) in [5.74, 6) is 1.60. The molecular formula is C21H20Cl2N2O3. The summed E-state index contributed by atoms with van der Waals surface area (Å²) >= 11 is 12.0. The number of fused-ring (bicyclic) bond motifs is 1. The van der Waals surface area contributed by atoms with Crippen molar-refractivity contribution < 1.29 is 14.3 Å². The number of hydrogen-bond donors (Lipinski definition) is 0. The highest BCUT2D eigenvalue weighted by atomic mass is 35.5. The molecule has 0 aliphatic carbocycles. The summed E-state index contributed by atoms with van der Waals surface area (Å²) in [4.78, 5) is 16.7.